The van der Waals surface area contributed by atoms with Crippen LogP contribution in [0.15, 0.2) is 87.2 Å². The van der Waals surface area contributed by atoms with E-state index < -0.39 is 32.9 Å². The molecule has 2 aliphatic heterocycles. The third-order valence-electron chi connectivity index (χ3n) is 13.2. The zero-order chi connectivity index (χ0) is 43.9. The van der Waals surface area contributed by atoms with Crippen molar-refractivity contribution in [2.75, 3.05) is 25.5 Å². The van der Waals surface area contributed by atoms with Gasteiger partial charge in [-0.25, -0.2) is 27.1 Å². The highest BCUT2D eigenvalue weighted by Crippen LogP contribution is 2.51. The number of fused-ring (bicyclic) bond motifs is 2. The number of carbonyl (C=O) groups excluding carboxylic acids is 1. The standard InChI is InChI=1S/C46H47FN8O7S/c1-5-63(59,60)26-30-6-9-34(10-7-30)52-18-19-53(45(52)58)41-39-29(4)51(17-12-36(39)49-55(41)35-22-27(2)40(47)28(3)23-35)42(56)38-25-33-24-32(31-13-20-61-21-14-31)8-11-37(33)54(38)46(15-16-46)43-48-44(57)62-50-43/h6-11,18-19,22-25,29,31H,5,12-17,20-21,26H2,1-4H3,(H,48,50,57). The van der Waals surface area contributed by atoms with Crippen LogP contribution < -0.4 is 11.4 Å². The Bertz CT molecular complexity index is 3160. The van der Waals surface area contributed by atoms with Gasteiger partial charge in [-0.05, 0) is 117 Å². The first-order chi connectivity index (χ1) is 30.3. The Morgan fingerprint density at radius 1 is 0.952 bits per heavy atom. The van der Waals surface area contributed by atoms with Gasteiger partial charge in [-0.15, -0.1) is 0 Å². The number of aryl methyl sites for hydroxylation is 2. The molecule has 1 aliphatic carbocycles. The Kier molecular flexibility index (Phi) is 9.82. The summed E-state index contributed by atoms with van der Waals surface area (Å²) in [6.07, 6.45) is 6.74. The monoisotopic (exact) mass is 874 g/mol. The molecule has 2 fully saturated rings. The van der Waals surface area contributed by atoms with E-state index in [1.54, 1.807) is 79.1 Å². The number of nitrogens with zero attached hydrogens (tertiary/aromatic N) is 7. The Labute approximate surface area is 361 Å². The van der Waals surface area contributed by atoms with E-state index in [1.165, 1.54) is 14.7 Å². The molecule has 0 radical (unpaired) electrons. The summed E-state index contributed by atoms with van der Waals surface area (Å²) in [5.41, 5.74) is 5.13. The second-order valence-electron chi connectivity index (χ2n) is 17.1. The van der Waals surface area contributed by atoms with Crippen LogP contribution in [0.3, 0.4) is 0 Å². The second kappa shape index (κ2) is 15.2. The lowest BCUT2D eigenvalue weighted by molar-refractivity contribution is 0.0664. The van der Waals surface area contributed by atoms with E-state index in [2.05, 4.69) is 28.3 Å². The first-order valence-electron chi connectivity index (χ1n) is 21.4. The van der Waals surface area contributed by atoms with Crippen molar-refractivity contribution in [3.63, 3.8) is 0 Å². The van der Waals surface area contributed by atoms with E-state index in [0.29, 0.717) is 102 Å². The normalized spacial score (nSPS) is 17.7. The van der Waals surface area contributed by atoms with Crippen LogP contribution in [-0.2, 0) is 32.3 Å². The Morgan fingerprint density at radius 3 is 2.33 bits per heavy atom. The van der Waals surface area contributed by atoms with E-state index >= 15 is 9.18 Å². The number of H-pyrrole nitrogens is 1. The van der Waals surface area contributed by atoms with E-state index in [0.717, 1.165) is 23.7 Å². The fourth-order valence-corrected chi connectivity index (χ4v) is 10.5. The van der Waals surface area contributed by atoms with Gasteiger partial charge in [0, 0.05) is 60.8 Å². The number of imidazole rings is 1. The van der Waals surface area contributed by atoms with Crippen LogP contribution in [0.4, 0.5) is 4.39 Å². The third-order valence-corrected chi connectivity index (χ3v) is 14.8. The van der Waals surface area contributed by atoms with Crippen molar-refractivity contribution in [3.8, 4) is 17.2 Å². The molecule has 0 spiro atoms. The van der Waals surface area contributed by atoms with Crippen LogP contribution in [0.2, 0.25) is 0 Å². The summed E-state index contributed by atoms with van der Waals surface area (Å²) in [6, 6.07) is 17.9. The predicted octanol–water partition coefficient (Wildman–Crippen LogP) is 6.33. The third kappa shape index (κ3) is 6.88. The molecule has 0 bridgehead atoms. The summed E-state index contributed by atoms with van der Waals surface area (Å²) in [5.74, 6) is -0.215. The molecule has 6 heterocycles. The van der Waals surface area contributed by atoms with Crippen LogP contribution in [0.5, 0.6) is 0 Å². The average Bonchev–Trinajstić information content (AvgIpc) is 3.56. The SMILES string of the molecule is CCS(=O)(=O)Cc1ccc(-n2ccn(-c3c4c(nn3-c3cc(C)c(F)c(C)c3)CCN(C(=O)c3cc5cc(C6CCOCC6)ccc5n3C3(c5noc(=O)[nH]5)CC3)C4C)c2=O)cc1. The maximum absolute atomic E-state index is 15.3. The van der Waals surface area contributed by atoms with Gasteiger partial charge in [0.2, 0.25) is 0 Å². The van der Waals surface area contributed by atoms with Crippen LogP contribution in [0.1, 0.15) is 101 Å². The summed E-state index contributed by atoms with van der Waals surface area (Å²) in [6.45, 7) is 8.62. The minimum absolute atomic E-state index is 0.0243. The number of nitrogens with one attached hydrogen (secondary N) is 1. The van der Waals surface area contributed by atoms with Crippen LogP contribution in [0, 0.1) is 19.7 Å². The molecule has 326 valence electrons. The number of benzene rings is 3. The molecule has 3 aromatic carbocycles. The molecular weight excluding hydrogens is 828 g/mol. The summed E-state index contributed by atoms with van der Waals surface area (Å²) in [5, 5.41) is 10.1. The molecule has 1 atom stereocenters. The lowest BCUT2D eigenvalue weighted by atomic mass is 9.91. The van der Waals surface area contributed by atoms with Gasteiger partial charge in [0.05, 0.1) is 28.9 Å². The molecule has 7 aromatic rings. The molecule has 1 saturated heterocycles. The molecule has 1 unspecified atom stereocenters. The number of sulfone groups is 1. The number of aromatic amines is 1. The predicted molar refractivity (Wildman–Crippen MR) is 232 cm³/mol. The molecule has 1 saturated carbocycles. The molecule has 10 rings (SSSR count). The van der Waals surface area contributed by atoms with Gasteiger partial charge in [-0.1, -0.05) is 30.3 Å². The molecule has 1 N–H and O–H groups in total. The number of aromatic nitrogens is 7. The molecule has 4 aromatic heterocycles. The number of ether oxygens (including phenoxy) is 1. The van der Waals surface area contributed by atoms with Crippen LogP contribution in [0.25, 0.3) is 28.1 Å². The molecule has 63 heavy (non-hydrogen) atoms. The number of rotatable bonds is 10. The highest BCUT2D eigenvalue weighted by molar-refractivity contribution is 7.90. The summed E-state index contributed by atoms with van der Waals surface area (Å²) < 4.78 is 56.9. The lowest BCUT2D eigenvalue weighted by Crippen LogP contribution is -2.41. The van der Waals surface area contributed by atoms with E-state index in [-0.39, 0.29) is 23.2 Å². The smallest absolute Gasteiger partial charge is 0.381 e. The number of hydrogen-bond donors (Lipinski definition) is 1. The van der Waals surface area contributed by atoms with Crippen molar-refractivity contribution in [3.05, 3.63) is 145 Å². The Hall–Kier alpha value is -6.33. The minimum Gasteiger partial charge on any atom is -0.381 e. The molecule has 15 nitrogen and oxygen atoms in total. The van der Waals surface area contributed by atoms with Crippen molar-refractivity contribution < 1.29 is 26.9 Å². The van der Waals surface area contributed by atoms with Gasteiger partial charge >= 0.3 is 11.4 Å². The summed E-state index contributed by atoms with van der Waals surface area (Å²) >= 11 is 0. The highest BCUT2D eigenvalue weighted by atomic mass is 32.2. The minimum atomic E-state index is -3.26. The Morgan fingerprint density at radius 2 is 1.67 bits per heavy atom. The Balaban J connectivity index is 1.09. The van der Waals surface area contributed by atoms with Gasteiger partial charge in [0.15, 0.2) is 15.7 Å². The zero-order valence-corrected chi connectivity index (χ0v) is 36.2. The maximum atomic E-state index is 15.3. The number of amides is 1. The van der Waals surface area contributed by atoms with Crippen molar-refractivity contribution in [2.24, 2.45) is 0 Å². The van der Waals surface area contributed by atoms with Gasteiger partial charge in [-0.3, -0.25) is 23.4 Å². The molecule has 1 amide bonds. The van der Waals surface area contributed by atoms with Crippen molar-refractivity contribution >= 4 is 26.6 Å². The summed E-state index contributed by atoms with van der Waals surface area (Å²) in [7, 11) is -3.26. The average molecular weight is 875 g/mol. The highest BCUT2D eigenvalue weighted by Gasteiger charge is 2.52. The van der Waals surface area contributed by atoms with Gasteiger partial charge < -0.3 is 14.2 Å². The van der Waals surface area contributed by atoms with Crippen molar-refractivity contribution in [2.45, 2.75) is 83.1 Å². The zero-order valence-electron chi connectivity index (χ0n) is 35.4. The second-order valence-corrected chi connectivity index (χ2v) is 19.5. The van der Waals surface area contributed by atoms with E-state index in [1.807, 2.05) is 17.6 Å². The largest absolute Gasteiger partial charge is 0.438 e. The van der Waals surface area contributed by atoms with Crippen molar-refractivity contribution in [1.82, 2.24) is 38.5 Å². The quantitative estimate of drug-likeness (QED) is 0.165. The molecule has 3 aliphatic rings. The topological polar surface area (TPSA) is 172 Å². The van der Waals surface area contributed by atoms with Gasteiger partial charge in [0.25, 0.3) is 5.91 Å². The molecule has 17 heteroatoms. The number of carbonyl (C=O) groups is 1. The summed E-state index contributed by atoms with van der Waals surface area (Å²) in [4.78, 5) is 46.8. The van der Waals surface area contributed by atoms with E-state index in [9.17, 15) is 18.0 Å². The van der Waals surface area contributed by atoms with Crippen molar-refractivity contribution in [1.29, 1.82) is 0 Å². The number of halogens is 1. The number of hydrogen-bond acceptors (Lipinski definition) is 9. The lowest BCUT2D eigenvalue weighted by Gasteiger charge is -2.34. The first-order valence-corrected chi connectivity index (χ1v) is 23.2. The van der Waals surface area contributed by atoms with E-state index in [4.69, 9.17) is 14.4 Å². The fourth-order valence-electron chi connectivity index (χ4n) is 9.63. The van der Waals surface area contributed by atoms with Crippen LogP contribution >= 0.6 is 0 Å². The van der Waals surface area contributed by atoms with Gasteiger partial charge in [0.1, 0.15) is 22.9 Å². The first kappa shape index (κ1) is 40.7. The maximum Gasteiger partial charge on any atom is 0.438 e. The molecular formula is C46H47FN8O7S. The fraction of sp³-hybridized carbons (Fsp3) is 0.370. The van der Waals surface area contributed by atoms with Crippen LogP contribution in [-0.4, -0.2) is 78.4 Å². The van der Waals surface area contributed by atoms with Gasteiger partial charge in [-0.2, -0.15) is 5.10 Å².